The minimum Gasteiger partial charge on any atom is -0.493 e. The zero-order valence-electron chi connectivity index (χ0n) is 12.2. The Morgan fingerprint density at radius 2 is 2.20 bits per heavy atom. The van der Waals surface area contributed by atoms with Crippen LogP contribution < -0.4 is 4.74 Å². The van der Waals surface area contributed by atoms with E-state index in [1.54, 1.807) is 6.08 Å². The van der Waals surface area contributed by atoms with Gasteiger partial charge in [0.25, 0.3) is 0 Å². The van der Waals surface area contributed by atoms with Crippen molar-refractivity contribution in [3.8, 4) is 5.75 Å². The number of hydrogen-bond acceptors (Lipinski definition) is 3. The molecule has 0 fully saturated rings. The van der Waals surface area contributed by atoms with E-state index >= 15 is 0 Å². The predicted molar refractivity (Wildman–Crippen MR) is 77.7 cm³/mol. The predicted octanol–water partition coefficient (Wildman–Crippen LogP) is 3.68. The van der Waals surface area contributed by atoms with Gasteiger partial charge < -0.3 is 9.47 Å². The van der Waals surface area contributed by atoms with E-state index in [2.05, 4.69) is 6.07 Å². The van der Waals surface area contributed by atoms with Crippen LogP contribution in [0.2, 0.25) is 0 Å². The molecule has 0 saturated carbocycles. The van der Waals surface area contributed by atoms with Gasteiger partial charge in [0.2, 0.25) is 0 Å². The van der Waals surface area contributed by atoms with Gasteiger partial charge in [0.1, 0.15) is 11.4 Å². The quantitative estimate of drug-likeness (QED) is 0.578. The Morgan fingerprint density at radius 1 is 1.40 bits per heavy atom. The molecule has 1 unspecified atom stereocenters. The SMILES string of the molecule is CC(C)(C)OC(=O)/C=C1\CCC2COc3cccc1c32. The van der Waals surface area contributed by atoms with E-state index in [0.717, 1.165) is 36.3 Å². The van der Waals surface area contributed by atoms with Gasteiger partial charge in [-0.3, -0.25) is 0 Å². The number of rotatable bonds is 1. The third kappa shape index (κ3) is 2.45. The van der Waals surface area contributed by atoms with E-state index in [-0.39, 0.29) is 5.97 Å². The Balaban J connectivity index is 1.92. The largest absolute Gasteiger partial charge is 0.493 e. The van der Waals surface area contributed by atoms with Crippen LogP contribution in [0.1, 0.15) is 50.7 Å². The lowest BCUT2D eigenvalue weighted by atomic mass is 9.81. The highest BCUT2D eigenvalue weighted by molar-refractivity contribution is 5.93. The molecule has 106 valence electrons. The molecule has 0 radical (unpaired) electrons. The van der Waals surface area contributed by atoms with Crippen molar-refractivity contribution in [1.29, 1.82) is 0 Å². The van der Waals surface area contributed by atoms with Crippen LogP contribution in [0.5, 0.6) is 5.75 Å². The summed E-state index contributed by atoms with van der Waals surface area (Å²) in [6.45, 7) is 6.42. The van der Waals surface area contributed by atoms with E-state index in [4.69, 9.17) is 9.47 Å². The molecule has 0 amide bonds. The maximum atomic E-state index is 12.0. The normalized spacial score (nSPS) is 22.4. The number of ether oxygens (including phenoxy) is 2. The fourth-order valence-corrected chi connectivity index (χ4v) is 2.96. The van der Waals surface area contributed by atoms with Gasteiger partial charge in [0.15, 0.2) is 0 Å². The summed E-state index contributed by atoms with van der Waals surface area (Å²) < 4.78 is 11.1. The highest BCUT2D eigenvalue weighted by Crippen LogP contribution is 2.46. The number of benzene rings is 1. The topological polar surface area (TPSA) is 35.5 Å². The molecule has 1 aliphatic heterocycles. The molecule has 0 bridgehead atoms. The molecule has 0 spiro atoms. The van der Waals surface area contributed by atoms with Crippen molar-refractivity contribution < 1.29 is 14.3 Å². The highest BCUT2D eigenvalue weighted by atomic mass is 16.6. The third-order valence-electron chi connectivity index (χ3n) is 3.72. The smallest absolute Gasteiger partial charge is 0.331 e. The summed E-state index contributed by atoms with van der Waals surface area (Å²) in [5, 5.41) is 0. The first-order valence-corrected chi connectivity index (χ1v) is 7.14. The van der Waals surface area contributed by atoms with Gasteiger partial charge in [-0.1, -0.05) is 12.1 Å². The Hall–Kier alpha value is -1.77. The molecule has 1 aromatic carbocycles. The zero-order valence-corrected chi connectivity index (χ0v) is 12.2. The fraction of sp³-hybridized carbons (Fsp3) is 0.471. The van der Waals surface area contributed by atoms with Crippen LogP contribution in [0.25, 0.3) is 5.57 Å². The van der Waals surface area contributed by atoms with Crippen molar-refractivity contribution in [3.05, 3.63) is 35.4 Å². The second-order valence-electron chi connectivity index (χ2n) is 6.47. The molecule has 3 rings (SSSR count). The number of esters is 1. The van der Waals surface area contributed by atoms with Crippen molar-refractivity contribution in [2.75, 3.05) is 6.61 Å². The van der Waals surface area contributed by atoms with Crippen molar-refractivity contribution >= 4 is 11.5 Å². The second-order valence-corrected chi connectivity index (χ2v) is 6.47. The molecule has 20 heavy (non-hydrogen) atoms. The first-order valence-electron chi connectivity index (χ1n) is 7.14. The number of carbonyl (C=O) groups is 1. The summed E-state index contributed by atoms with van der Waals surface area (Å²) in [5.41, 5.74) is 3.04. The lowest BCUT2D eigenvalue weighted by molar-refractivity contribution is -0.148. The number of hydrogen-bond donors (Lipinski definition) is 0. The van der Waals surface area contributed by atoms with Crippen LogP contribution in [-0.4, -0.2) is 18.2 Å². The fourth-order valence-electron chi connectivity index (χ4n) is 2.96. The summed E-state index contributed by atoms with van der Waals surface area (Å²) in [7, 11) is 0. The number of allylic oxidation sites excluding steroid dienone is 1. The van der Waals surface area contributed by atoms with Crippen LogP contribution >= 0.6 is 0 Å². The van der Waals surface area contributed by atoms with Crippen LogP contribution in [0.4, 0.5) is 0 Å². The van der Waals surface area contributed by atoms with E-state index in [9.17, 15) is 4.79 Å². The molecular weight excluding hydrogens is 252 g/mol. The molecule has 3 heteroatoms. The molecule has 1 atom stereocenters. The third-order valence-corrected chi connectivity index (χ3v) is 3.72. The van der Waals surface area contributed by atoms with E-state index in [0.29, 0.717) is 5.92 Å². The molecule has 0 saturated heterocycles. The average molecular weight is 272 g/mol. The Kier molecular flexibility index (Phi) is 3.08. The van der Waals surface area contributed by atoms with Gasteiger partial charge in [-0.2, -0.15) is 0 Å². The molecule has 0 aromatic heterocycles. The van der Waals surface area contributed by atoms with Gasteiger partial charge in [-0.15, -0.1) is 0 Å². The standard InChI is InChI=1S/C17H20O3/c1-17(2,3)20-15(18)9-11-7-8-12-10-19-14-6-4-5-13(11)16(12)14/h4-6,9,12H,7-8,10H2,1-3H3/b11-9+. The number of carbonyl (C=O) groups excluding carboxylic acids is 1. The van der Waals surface area contributed by atoms with Crippen molar-refractivity contribution in [3.63, 3.8) is 0 Å². The van der Waals surface area contributed by atoms with E-state index in [1.165, 1.54) is 5.56 Å². The van der Waals surface area contributed by atoms with Crippen LogP contribution in [0.15, 0.2) is 24.3 Å². The summed E-state index contributed by atoms with van der Waals surface area (Å²) in [6.07, 6.45) is 3.60. The summed E-state index contributed by atoms with van der Waals surface area (Å²) in [6, 6.07) is 6.08. The van der Waals surface area contributed by atoms with Gasteiger partial charge in [-0.25, -0.2) is 4.79 Å². The van der Waals surface area contributed by atoms with Crippen LogP contribution in [-0.2, 0) is 9.53 Å². The van der Waals surface area contributed by atoms with Gasteiger partial charge in [-0.05, 0) is 50.8 Å². The van der Waals surface area contributed by atoms with E-state index in [1.807, 2.05) is 32.9 Å². The minimum atomic E-state index is -0.451. The molecular formula is C17H20O3. The van der Waals surface area contributed by atoms with Crippen molar-refractivity contribution in [2.24, 2.45) is 0 Å². The molecule has 3 nitrogen and oxygen atoms in total. The lowest BCUT2D eigenvalue weighted by Crippen LogP contribution is -2.23. The van der Waals surface area contributed by atoms with E-state index < -0.39 is 5.60 Å². The zero-order chi connectivity index (χ0) is 14.3. The van der Waals surface area contributed by atoms with Crippen LogP contribution in [0.3, 0.4) is 0 Å². The Bertz CT molecular complexity index is 578. The first-order chi connectivity index (χ1) is 9.44. The van der Waals surface area contributed by atoms with Crippen LogP contribution in [0, 0.1) is 0 Å². The van der Waals surface area contributed by atoms with Crippen molar-refractivity contribution in [1.82, 2.24) is 0 Å². The monoisotopic (exact) mass is 272 g/mol. The van der Waals surface area contributed by atoms with Crippen molar-refractivity contribution in [2.45, 2.75) is 45.1 Å². The summed E-state index contributed by atoms with van der Waals surface area (Å²) in [5.74, 6) is 1.20. The minimum absolute atomic E-state index is 0.262. The van der Waals surface area contributed by atoms with Gasteiger partial charge >= 0.3 is 5.97 Å². The molecule has 0 N–H and O–H groups in total. The highest BCUT2D eigenvalue weighted by Gasteiger charge is 2.32. The maximum absolute atomic E-state index is 12.0. The first kappa shape index (κ1) is 13.2. The second kappa shape index (κ2) is 4.65. The average Bonchev–Trinajstić information content (AvgIpc) is 2.75. The Morgan fingerprint density at radius 3 is 2.95 bits per heavy atom. The summed E-state index contributed by atoms with van der Waals surface area (Å²) in [4.78, 5) is 12.0. The molecule has 1 heterocycles. The maximum Gasteiger partial charge on any atom is 0.331 e. The van der Waals surface area contributed by atoms with Gasteiger partial charge in [0.05, 0.1) is 6.61 Å². The molecule has 1 aromatic rings. The lowest BCUT2D eigenvalue weighted by Gasteiger charge is -2.23. The molecule has 2 aliphatic rings. The van der Waals surface area contributed by atoms with Gasteiger partial charge in [0, 0.05) is 17.6 Å². The summed E-state index contributed by atoms with van der Waals surface area (Å²) >= 11 is 0. The molecule has 1 aliphatic carbocycles. The Labute approximate surface area is 119 Å².